The molecular weight excluding hydrogens is 411 g/mol. The van der Waals surface area contributed by atoms with Crippen molar-refractivity contribution in [2.24, 2.45) is 4.99 Å². The number of aryl methyl sites for hydroxylation is 1. The molecule has 1 heterocycles. The lowest BCUT2D eigenvalue weighted by Crippen LogP contribution is -2.40. The number of guanidine groups is 1. The van der Waals surface area contributed by atoms with E-state index in [0.717, 1.165) is 38.3 Å². The molecule has 2 rings (SSSR count). The number of allylic oxidation sites excluding steroid dienone is 1. The molecule has 4 nitrogen and oxygen atoms in total. The molecule has 2 N–H and O–H groups in total. The van der Waals surface area contributed by atoms with E-state index in [9.17, 15) is 0 Å². The number of aromatic amines is 1. The molecule has 0 fully saturated rings. The number of fused-ring (bicyclic) bond motifs is 1. The zero-order chi connectivity index (χ0) is 16.7. The molecule has 1 aromatic carbocycles. The summed E-state index contributed by atoms with van der Waals surface area (Å²) in [6.45, 7) is 7.74. The quantitative estimate of drug-likeness (QED) is 0.224. The molecule has 0 radical (unpaired) electrons. The molecule has 132 valence electrons. The first kappa shape index (κ1) is 20.5. The van der Waals surface area contributed by atoms with E-state index in [-0.39, 0.29) is 24.0 Å². The summed E-state index contributed by atoms with van der Waals surface area (Å²) >= 11 is 0. The number of aliphatic imine (C=N–C) groups is 1. The SMILES string of the molecule is C=CCCCN(C)C(=NC)NCCc1c[nH]c2cc(C)ccc12.I. The molecule has 0 spiro atoms. The molecule has 5 heteroatoms. The van der Waals surface area contributed by atoms with Gasteiger partial charge in [0.25, 0.3) is 0 Å². The maximum atomic E-state index is 4.36. The van der Waals surface area contributed by atoms with Gasteiger partial charge in [-0.15, -0.1) is 30.6 Å². The Labute approximate surface area is 162 Å². The molecular formula is C19H29IN4. The third-order valence-corrected chi connectivity index (χ3v) is 4.08. The highest BCUT2D eigenvalue weighted by molar-refractivity contribution is 14.0. The van der Waals surface area contributed by atoms with Crippen molar-refractivity contribution in [2.75, 3.05) is 27.2 Å². The van der Waals surface area contributed by atoms with E-state index in [1.54, 1.807) is 0 Å². The Kier molecular flexibility index (Phi) is 8.89. The van der Waals surface area contributed by atoms with Crippen LogP contribution in [-0.2, 0) is 6.42 Å². The van der Waals surface area contributed by atoms with Gasteiger partial charge in [-0.3, -0.25) is 4.99 Å². The predicted molar refractivity (Wildman–Crippen MR) is 116 cm³/mol. The summed E-state index contributed by atoms with van der Waals surface area (Å²) in [4.78, 5) is 9.89. The fraction of sp³-hybridized carbons (Fsp3) is 0.421. The number of halogens is 1. The van der Waals surface area contributed by atoms with Crippen LogP contribution in [0.25, 0.3) is 10.9 Å². The standard InChI is InChI=1S/C19H28N4.HI/c1-5-6-7-12-23(4)19(20-3)21-11-10-16-14-22-18-13-15(2)8-9-17(16)18;/h5,8-9,13-14,22H,1,6-7,10-12H2,2-4H3,(H,20,21);1H. The lowest BCUT2D eigenvalue weighted by atomic mass is 10.1. The van der Waals surface area contributed by atoms with E-state index in [0.29, 0.717) is 0 Å². The average molecular weight is 440 g/mol. The molecule has 0 atom stereocenters. The third kappa shape index (κ3) is 5.54. The van der Waals surface area contributed by atoms with Gasteiger partial charge in [-0.2, -0.15) is 0 Å². The lowest BCUT2D eigenvalue weighted by Gasteiger charge is -2.21. The summed E-state index contributed by atoms with van der Waals surface area (Å²) in [7, 11) is 3.91. The zero-order valence-electron chi connectivity index (χ0n) is 14.9. The molecule has 0 aliphatic carbocycles. The fourth-order valence-electron chi connectivity index (χ4n) is 2.78. The van der Waals surface area contributed by atoms with Crippen molar-refractivity contribution in [1.82, 2.24) is 15.2 Å². The van der Waals surface area contributed by atoms with Gasteiger partial charge in [0.05, 0.1) is 0 Å². The molecule has 1 aromatic heterocycles. The highest BCUT2D eigenvalue weighted by Gasteiger charge is 2.07. The smallest absolute Gasteiger partial charge is 0.193 e. The van der Waals surface area contributed by atoms with Crippen molar-refractivity contribution in [3.8, 4) is 0 Å². The van der Waals surface area contributed by atoms with Gasteiger partial charge in [0.2, 0.25) is 0 Å². The van der Waals surface area contributed by atoms with Crippen molar-refractivity contribution in [1.29, 1.82) is 0 Å². The first-order valence-electron chi connectivity index (χ1n) is 8.25. The van der Waals surface area contributed by atoms with E-state index < -0.39 is 0 Å². The largest absolute Gasteiger partial charge is 0.361 e. The lowest BCUT2D eigenvalue weighted by molar-refractivity contribution is 0.470. The number of nitrogens with one attached hydrogen (secondary N) is 2. The van der Waals surface area contributed by atoms with Crippen LogP contribution >= 0.6 is 24.0 Å². The minimum absolute atomic E-state index is 0. The van der Waals surface area contributed by atoms with Crippen LogP contribution in [0.1, 0.15) is 24.0 Å². The van der Waals surface area contributed by atoms with Crippen LogP contribution in [0.4, 0.5) is 0 Å². The zero-order valence-corrected chi connectivity index (χ0v) is 17.3. The van der Waals surface area contributed by atoms with E-state index in [2.05, 4.69) is 65.1 Å². The number of nitrogens with zero attached hydrogens (tertiary/aromatic N) is 2. The molecule has 0 saturated heterocycles. The minimum atomic E-state index is 0. The summed E-state index contributed by atoms with van der Waals surface area (Å²) in [5.74, 6) is 0.949. The van der Waals surface area contributed by atoms with Gasteiger partial charge in [-0.05, 0) is 43.4 Å². The van der Waals surface area contributed by atoms with Crippen LogP contribution in [0.2, 0.25) is 0 Å². The fourth-order valence-corrected chi connectivity index (χ4v) is 2.78. The maximum Gasteiger partial charge on any atom is 0.193 e. The van der Waals surface area contributed by atoms with E-state index in [4.69, 9.17) is 0 Å². The van der Waals surface area contributed by atoms with Crippen molar-refractivity contribution < 1.29 is 0 Å². The summed E-state index contributed by atoms with van der Waals surface area (Å²) in [5, 5.41) is 4.76. The molecule has 0 aliphatic heterocycles. The van der Waals surface area contributed by atoms with Gasteiger partial charge in [0.15, 0.2) is 5.96 Å². The Hall–Kier alpha value is -1.50. The second-order valence-corrected chi connectivity index (χ2v) is 5.94. The summed E-state index contributed by atoms with van der Waals surface area (Å²) in [6, 6.07) is 6.56. The molecule has 0 aliphatic rings. The summed E-state index contributed by atoms with van der Waals surface area (Å²) < 4.78 is 0. The number of hydrogen-bond donors (Lipinski definition) is 2. The Balaban J connectivity index is 0.00000288. The van der Waals surface area contributed by atoms with Gasteiger partial charge >= 0.3 is 0 Å². The second kappa shape index (κ2) is 10.4. The molecule has 0 unspecified atom stereocenters. The first-order valence-corrected chi connectivity index (χ1v) is 8.25. The Bertz CT molecular complexity index is 675. The average Bonchev–Trinajstić information content (AvgIpc) is 2.93. The summed E-state index contributed by atoms with van der Waals surface area (Å²) in [5.41, 5.74) is 3.84. The monoisotopic (exact) mass is 440 g/mol. The van der Waals surface area contributed by atoms with E-state index in [1.165, 1.54) is 22.0 Å². The normalized spacial score (nSPS) is 11.2. The number of hydrogen-bond acceptors (Lipinski definition) is 1. The van der Waals surface area contributed by atoms with Crippen LogP contribution in [-0.4, -0.2) is 43.0 Å². The number of aromatic nitrogens is 1. The maximum absolute atomic E-state index is 4.36. The van der Waals surface area contributed by atoms with E-state index >= 15 is 0 Å². The molecule has 2 aromatic rings. The Morgan fingerprint density at radius 2 is 2.21 bits per heavy atom. The highest BCUT2D eigenvalue weighted by Crippen LogP contribution is 2.19. The topological polar surface area (TPSA) is 43.4 Å². The van der Waals surface area contributed by atoms with Gasteiger partial charge in [-0.1, -0.05) is 18.2 Å². The van der Waals surface area contributed by atoms with Gasteiger partial charge in [-0.25, -0.2) is 0 Å². The summed E-state index contributed by atoms with van der Waals surface area (Å²) in [6.07, 6.45) is 7.19. The van der Waals surface area contributed by atoms with Crippen molar-refractivity contribution >= 4 is 40.8 Å². The van der Waals surface area contributed by atoms with E-state index in [1.807, 2.05) is 13.1 Å². The molecule has 0 bridgehead atoms. The van der Waals surface area contributed by atoms with Crippen LogP contribution in [0.5, 0.6) is 0 Å². The number of H-pyrrole nitrogens is 1. The van der Waals surface area contributed by atoms with Gasteiger partial charge in [0.1, 0.15) is 0 Å². The number of unbranched alkanes of at least 4 members (excludes halogenated alkanes) is 1. The van der Waals surface area contributed by atoms with Crippen LogP contribution in [0.3, 0.4) is 0 Å². The molecule has 0 amide bonds. The number of rotatable bonds is 7. The molecule has 24 heavy (non-hydrogen) atoms. The van der Waals surface area contributed by atoms with Crippen molar-refractivity contribution in [3.63, 3.8) is 0 Å². The Morgan fingerprint density at radius 1 is 1.42 bits per heavy atom. The van der Waals surface area contributed by atoms with Gasteiger partial charge in [0, 0.05) is 44.3 Å². The van der Waals surface area contributed by atoms with Crippen LogP contribution in [0, 0.1) is 6.92 Å². The van der Waals surface area contributed by atoms with Crippen molar-refractivity contribution in [3.05, 3.63) is 48.2 Å². The predicted octanol–water partition coefficient (Wildman–Crippen LogP) is 4.11. The van der Waals surface area contributed by atoms with Gasteiger partial charge < -0.3 is 15.2 Å². The first-order chi connectivity index (χ1) is 11.2. The second-order valence-electron chi connectivity index (χ2n) is 5.94. The van der Waals surface area contributed by atoms with Crippen LogP contribution < -0.4 is 5.32 Å². The van der Waals surface area contributed by atoms with Crippen molar-refractivity contribution in [2.45, 2.75) is 26.2 Å². The molecule has 0 saturated carbocycles. The number of benzene rings is 1. The highest BCUT2D eigenvalue weighted by atomic mass is 127. The third-order valence-electron chi connectivity index (χ3n) is 4.08. The minimum Gasteiger partial charge on any atom is -0.361 e. The van der Waals surface area contributed by atoms with Crippen LogP contribution in [0.15, 0.2) is 42.0 Å². The Morgan fingerprint density at radius 3 is 2.92 bits per heavy atom.